The van der Waals surface area contributed by atoms with Crippen LogP contribution in [0.5, 0.6) is 0 Å². The number of hydrogen-bond acceptors (Lipinski definition) is 3. The Bertz CT molecular complexity index is 368. The molecule has 1 unspecified atom stereocenters. The Hall–Kier alpha value is -1.06. The van der Waals surface area contributed by atoms with Crippen LogP contribution in [0.15, 0.2) is 24.3 Å². The lowest BCUT2D eigenvalue weighted by molar-refractivity contribution is -0.142. The van der Waals surface area contributed by atoms with Crippen LogP contribution in [0.1, 0.15) is 18.1 Å². The summed E-state index contributed by atoms with van der Waals surface area (Å²) in [6.07, 6.45) is 0. The number of benzene rings is 1. The summed E-state index contributed by atoms with van der Waals surface area (Å²) in [6, 6.07) is 8.19. The molecule has 0 heterocycles. The van der Waals surface area contributed by atoms with Gasteiger partial charge in [-0.05, 0) is 19.4 Å². The lowest BCUT2D eigenvalue weighted by atomic mass is 10.1. The van der Waals surface area contributed by atoms with Crippen LogP contribution in [0.25, 0.3) is 0 Å². The standard InChI is InChI=1S/C13H18ClNO2/c1-3-17-13(16)12(14)9-15-8-11-6-4-5-10(2)7-11/h4-7,12,15H,3,8-9H2,1-2H3. The zero-order chi connectivity index (χ0) is 12.7. The van der Waals surface area contributed by atoms with Gasteiger partial charge in [-0.15, -0.1) is 11.6 Å². The normalized spacial score (nSPS) is 12.2. The van der Waals surface area contributed by atoms with E-state index >= 15 is 0 Å². The second-order valence-electron chi connectivity index (χ2n) is 3.84. The number of hydrogen-bond donors (Lipinski definition) is 1. The van der Waals surface area contributed by atoms with E-state index in [0.29, 0.717) is 19.7 Å². The molecule has 0 aliphatic rings. The molecule has 1 N–H and O–H groups in total. The number of nitrogens with one attached hydrogen (secondary N) is 1. The van der Waals surface area contributed by atoms with Gasteiger partial charge in [-0.2, -0.15) is 0 Å². The second kappa shape index (κ2) is 7.30. The van der Waals surface area contributed by atoms with Crippen LogP contribution in [0.3, 0.4) is 0 Å². The molecule has 17 heavy (non-hydrogen) atoms. The van der Waals surface area contributed by atoms with E-state index in [4.69, 9.17) is 16.3 Å². The highest BCUT2D eigenvalue weighted by Gasteiger charge is 2.15. The van der Waals surface area contributed by atoms with Gasteiger partial charge in [-0.3, -0.25) is 4.79 Å². The van der Waals surface area contributed by atoms with Gasteiger partial charge >= 0.3 is 5.97 Å². The van der Waals surface area contributed by atoms with Crippen molar-refractivity contribution >= 4 is 17.6 Å². The molecule has 1 aromatic rings. The Morgan fingerprint density at radius 1 is 1.53 bits per heavy atom. The number of ether oxygens (including phenoxy) is 1. The Morgan fingerprint density at radius 3 is 2.94 bits per heavy atom. The molecule has 0 aromatic heterocycles. The fourth-order valence-electron chi connectivity index (χ4n) is 1.48. The average molecular weight is 256 g/mol. The first-order valence-electron chi connectivity index (χ1n) is 5.70. The Morgan fingerprint density at radius 2 is 2.29 bits per heavy atom. The van der Waals surface area contributed by atoms with Gasteiger partial charge in [0.1, 0.15) is 5.38 Å². The maximum absolute atomic E-state index is 11.2. The molecule has 0 saturated carbocycles. The van der Waals surface area contributed by atoms with Crippen molar-refractivity contribution in [2.24, 2.45) is 0 Å². The van der Waals surface area contributed by atoms with Crippen LogP contribution in [0.2, 0.25) is 0 Å². The predicted octanol–water partition coefficient (Wildman–Crippen LogP) is 2.26. The number of carbonyl (C=O) groups excluding carboxylic acids is 1. The van der Waals surface area contributed by atoms with Gasteiger partial charge in [0, 0.05) is 13.1 Å². The molecule has 1 rings (SSSR count). The third-order valence-electron chi connectivity index (χ3n) is 2.28. The first-order chi connectivity index (χ1) is 8.13. The van der Waals surface area contributed by atoms with E-state index in [1.807, 2.05) is 25.1 Å². The van der Waals surface area contributed by atoms with Crippen LogP contribution in [0, 0.1) is 6.92 Å². The molecule has 0 radical (unpaired) electrons. The summed E-state index contributed by atoms with van der Waals surface area (Å²) in [6.45, 7) is 5.28. The first-order valence-corrected chi connectivity index (χ1v) is 6.14. The van der Waals surface area contributed by atoms with Crippen molar-refractivity contribution in [2.45, 2.75) is 25.8 Å². The summed E-state index contributed by atoms with van der Waals surface area (Å²) < 4.78 is 4.81. The summed E-state index contributed by atoms with van der Waals surface area (Å²) in [7, 11) is 0. The van der Waals surface area contributed by atoms with Gasteiger partial charge in [0.15, 0.2) is 0 Å². The molecule has 3 nitrogen and oxygen atoms in total. The first kappa shape index (κ1) is 14.0. The van der Waals surface area contributed by atoms with Crippen LogP contribution >= 0.6 is 11.6 Å². The third kappa shape index (κ3) is 5.20. The van der Waals surface area contributed by atoms with Crippen molar-refractivity contribution < 1.29 is 9.53 Å². The molecular weight excluding hydrogens is 238 g/mol. The molecule has 1 aromatic carbocycles. The lowest BCUT2D eigenvalue weighted by Gasteiger charge is -2.10. The highest BCUT2D eigenvalue weighted by atomic mass is 35.5. The predicted molar refractivity (Wildman–Crippen MR) is 69.2 cm³/mol. The van der Waals surface area contributed by atoms with Gasteiger partial charge in [0.2, 0.25) is 0 Å². The zero-order valence-electron chi connectivity index (χ0n) is 10.2. The van der Waals surface area contributed by atoms with Gasteiger partial charge in [0.25, 0.3) is 0 Å². The molecule has 0 spiro atoms. The Kier molecular flexibility index (Phi) is 6.01. The average Bonchev–Trinajstić information content (AvgIpc) is 2.29. The Labute approximate surface area is 107 Å². The van der Waals surface area contributed by atoms with Crippen molar-refractivity contribution in [1.29, 1.82) is 0 Å². The van der Waals surface area contributed by atoms with Crippen LogP contribution in [0.4, 0.5) is 0 Å². The van der Waals surface area contributed by atoms with Crippen molar-refractivity contribution in [1.82, 2.24) is 5.32 Å². The topological polar surface area (TPSA) is 38.3 Å². The van der Waals surface area contributed by atoms with Gasteiger partial charge < -0.3 is 10.1 Å². The van der Waals surface area contributed by atoms with Crippen LogP contribution < -0.4 is 5.32 Å². The van der Waals surface area contributed by atoms with E-state index in [2.05, 4.69) is 11.4 Å². The summed E-state index contributed by atoms with van der Waals surface area (Å²) >= 11 is 5.87. The van der Waals surface area contributed by atoms with Crippen LogP contribution in [-0.4, -0.2) is 24.5 Å². The van der Waals surface area contributed by atoms with Crippen molar-refractivity contribution in [2.75, 3.05) is 13.2 Å². The minimum atomic E-state index is -0.625. The molecule has 0 saturated heterocycles. The number of halogens is 1. The van der Waals surface area contributed by atoms with Crippen molar-refractivity contribution in [3.8, 4) is 0 Å². The van der Waals surface area contributed by atoms with E-state index < -0.39 is 5.38 Å². The minimum Gasteiger partial charge on any atom is -0.465 e. The maximum Gasteiger partial charge on any atom is 0.325 e. The van der Waals surface area contributed by atoms with Gasteiger partial charge in [-0.1, -0.05) is 29.8 Å². The molecule has 4 heteroatoms. The second-order valence-corrected chi connectivity index (χ2v) is 4.37. The van der Waals surface area contributed by atoms with Crippen LogP contribution in [-0.2, 0) is 16.1 Å². The fourth-order valence-corrected chi connectivity index (χ4v) is 1.65. The van der Waals surface area contributed by atoms with E-state index in [1.54, 1.807) is 6.92 Å². The van der Waals surface area contributed by atoms with Gasteiger partial charge in [-0.25, -0.2) is 0 Å². The van der Waals surface area contributed by atoms with Crippen molar-refractivity contribution in [3.63, 3.8) is 0 Å². The largest absolute Gasteiger partial charge is 0.465 e. The monoisotopic (exact) mass is 255 g/mol. The van der Waals surface area contributed by atoms with E-state index in [-0.39, 0.29) is 5.97 Å². The molecule has 0 bridgehead atoms. The van der Waals surface area contributed by atoms with E-state index in [1.165, 1.54) is 11.1 Å². The summed E-state index contributed by atoms with van der Waals surface area (Å²) in [5, 5.41) is 2.51. The lowest BCUT2D eigenvalue weighted by Crippen LogP contribution is -2.30. The molecule has 0 aliphatic carbocycles. The third-order valence-corrected chi connectivity index (χ3v) is 2.61. The maximum atomic E-state index is 11.2. The molecule has 1 atom stereocenters. The summed E-state index contributed by atoms with van der Waals surface area (Å²) in [5.74, 6) is -0.370. The number of aryl methyl sites for hydroxylation is 1. The van der Waals surface area contributed by atoms with E-state index in [9.17, 15) is 4.79 Å². The van der Waals surface area contributed by atoms with Crippen molar-refractivity contribution in [3.05, 3.63) is 35.4 Å². The molecule has 0 amide bonds. The fraction of sp³-hybridized carbons (Fsp3) is 0.462. The Balaban J connectivity index is 2.30. The SMILES string of the molecule is CCOC(=O)C(Cl)CNCc1cccc(C)c1. The summed E-state index contributed by atoms with van der Waals surface area (Å²) in [5.41, 5.74) is 2.40. The van der Waals surface area contributed by atoms with E-state index in [0.717, 1.165) is 0 Å². The number of rotatable bonds is 6. The molecule has 94 valence electrons. The molecule has 0 fully saturated rings. The highest BCUT2D eigenvalue weighted by molar-refractivity contribution is 6.30. The summed E-state index contributed by atoms with van der Waals surface area (Å²) in [4.78, 5) is 11.2. The van der Waals surface area contributed by atoms with Gasteiger partial charge in [0.05, 0.1) is 6.61 Å². The smallest absolute Gasteiger partial charge is 0.325 e. The minimum absolute atomic E-state index is 0.361. The molecule has 0 aliphatic heterocycles. The molecular formula is C13H18ClNO2. The number of esters is 1. The number of alkyl halides is 1. The number of carbonyl (C=O) groups is 1. The quantitative estimate of drug-likeness (QED) is 0.626. The zero-order valence-corrected chi connectivity index (χ0v) is 11.0. The highest BCUT2D eigenvalue weighted by Crippen LogP contribution is 2.04.